The molecule has 2 N–H and O–H groups in total. The molecule has 8 heteroatoms. The first-order valence-corrected chi connectivity index (χ1v) is 13.7. The van der Waals surface area contributed by atoms with Crippen LogP contribution in [0.3, 0.4) is 0 Å². The Balaban J connectivity index is 1.57. The number of esters is 1. The van der Waals surface area contributed by atoms with Gasteiger partial charge >= 0.3 is 5.97 Å². The summed E-state index contributed by atoms with van der Waals surface area (Å²) < 4.78 is 5.31. The van der Waals surface area contributed by atoms with Crippen molar-refractivity contribution in [2.75, 3.05) is 29.9 Å². The van der Waals surface area contributed by atoms with Gasteiger partial charge in [0.15, 0.2) is 5.69 Å². The zero-order valence-corrected chi connectivity index (χ0v) is 22.5. The van der Waals surface area contributed by atoms with E-state index in [2.05, 4.69) is 28.2 Å². The zero-order valence-electron chi connectivity index (χ0n) is 22.5. The van der Waals surface area contributed by atoms with Crippen LogP contribution in [-0.4, -0.2) is 41.3 Å². The number of nitriles is 1. The molecule has 5 rings (SSSR count). The van der Waals surface area contributed by atoms with Gasteiger partial charge in [-0.05, 0) is 74.4 Å². The molecule has 39 heavy (non-hydrogen) atoms. The number of piperidine rings is 1. The van der Waals surface area contributed by atoms with Crippen LogP contribution in [-0.2, 0) is 4.74 Å². The Morgan fingerprint density at radius 3 is 2.54 bits per heavy atom. The fraction of sp³-hybridized carbons (Fsp3) is 0.387. The second kappa shape index (κ2) is 11.6. The average Bonchev–Trinajstić information content (AvgIpc) is 2.95. The highest BCUT2D eigenvalue weighted by molar-refractivity contribution is 6.11. The lowest BCUT2D eigenvalue weighted by Gasteiger charge is -2.34. The van der Waals surface area contributed by atoms with Gasteiger partial charge in [-0.15, -0.1) is 0 Å². The van der Waals surface area contributed by atoms with Gasteiger partial charge in [0.1, 0.15) is 11.6 Å². The summed E-state index contributed by atoms with van der Waals surface area (Å²) in [5.74, 6) is 1.66. The van der Waals surface area contributed by atoms with Crippen molar-refractivity contribution in [3.05, 3.63) is 66.0 Å². The first-order valence-electron chi connectivity index (χ1n) is 13.7. The van der Waals surface area contributed by atoms with E-state index in [1.54, 1.807) is 13.0 Å². The minimum atomic E-state index is -0.504. The molecule has 0 unspecified atom stereocenters. The molecule has 0 spiro atoms. The van der Waals surface area contributed by atoms with Crippen LogP contribution in [0.5, 0.6) is 0 Å². The summed E-state index contributed by atoms with van der Waals surface area (Å²) in [4.78, 5) is 24.5. The van der Waals surface area contributed by atoms with Crippen molar-refractivity contribution in [3.8, 4) is 17.2 Å². The van der Waals surface area contributed by atoms with Gasteiger partial charge in [-0.2, -0.15) is 5.26 Å². The van der Waals surface area contributed by atoms with Crippen LogP contribution in [0.2, 0.25) is 0 Å². The minimum absolute atomic E-state index is 0.108. The van der Waals surface area contributed by atoms with Crippen molar-refractivity contribution >= 4 is 29.0 Å². The third-order valence-corrected chi connectivity index (χ3v) is 7.65. The van der Waals surface area contributed by atoms with Gasteiger partial charge in [0.2, 0.25) is 0 Å². The number of carbonyl (C=O) groups excluding carboxylic acids is 1. The van der Waals surface area contributed by atoms with Crippen LogP contribution in [0.25, 0.3) is 11.1 Å². The predicted molar refractivity (Wildman–Crippen MR) is 152 cm³/mol. The lowest BCUT2D eigenvalue weighted by Crippen LogP contribution is -2.33. The van der Waals surface area contributed by atoms with E-state index < -0.39 is 5.97 Å². The number of aromatic nitrogens is 2. The number of carbonyl (C=O) groups is 1. The Morgan fingerprint density at radius 1 is 1.18 bits per heavy atom. The number of hydrogen-bond acceptors (Lipinski definition) is 8. The summed E-state index contributed by atoms with van der Waals surface area (Å²) in [7, 11) is 0. The van der Waals surface area contributed by atoms with E-state index in [1.807, 2.05) is 48.7 Å². The summed E-state index contributed by atoms with van der Waals surface area (Å²) in [5, 5.41) is 21.8. The van der Waals surface area contributed by atoms with E-state index in [1.165, 1.54) is 0 Å². The molecule has 8 nitrogen and oxygen atoms in total. The van der Waals surface area contributed by atoms with Crippen molar-refractivity contribution in [1.29, 1.82) is 10.7 Å². The molecule has 1 aromatic carbocycles. The van der Waals surface area contributed by atoms with Crippen molar-refractivity contribution in [2.24, 2.45) is 17.8 Å². The summed E-state index contributed by atoms with van der Waals surface area (Å²) in [5.41, 5.74) is 3.76. The first-order chi connectivity index (χ1) is 19.0. The monoisotopic (exact) mass is 522 g/mol. The maximum atomic E-state index is 12.9. The maximum absolute atomic E-state index is 12.9. The normalized spacial score (nSPS) is 19.1. The lowest BCUT2D eigenvalue weighted by atomic mass is 9.71. The van der Waals surface area contributed by atoms with Crippen molar-refractivity contribution in [2.45, 2.75) is 39.5 Å². The molecular formula is C31H34N6O2. The molecule has 2 aromatic heterocycles. The Kier molecular flexibility index (Phi) is 7.87. The van der Waals surface area contributed by atoms with Crippen LogP contribution in [0.1, 0.15) is 55.6 Å². The molecule has 1 saturated carbocycles. The number of rotatable bonds is 8. The van der Waals surface area contributed by atoms with E-state index in [9.17, 15) is 15.5 Å². The average molecular weight is 523 g/mol. The van der Waals surface area contributed by atoms with Gasteiger partial charge in [-0.1, -0.05) is 25.1 Å². The third kappa shape index (κ3) is 5.78. The number of pyridine rings is 2. The van der Waals surface area contributed by atoms with E-state index in [0.29, 0.717) is 23.0 Å². The van der Waals surface area contributed by atoms with E-state index in [0.717, 1.165) is 61.4 Å². The van der Waals surface area contributed by atoms with E-state index in [4.69, 9.17) is 9.72 Å². The largest absolute Gasteiger partial charge is 0.461 e. The number of benzene rings is 1. The zero-order chi connectivity index (χ0) is 27.4. The predicted octanol–water partition coefficient (Wildman–Crippen LogP) is 6.22. The topological polar surface area (TPSA) is 115 Å². The minimum Gasteiger partial charge on any atom is -0.461 e. The Hall–Kier alpha value is -4.25. The Labute approximate surface area is 229 Å². The smallest absolute Gasteiger partial charge is 0.357 e. The Bertz CT molecular complexity index is 1370. The molecule has 1 aliphatic carbocycles. The van der Waals surface area contributed by atoms with Crippen LogP contribution in [0, 0.1) is 34.5 Å². The van der Waals surface area contributed by atoms with Gasteiger partial charge in [0.05, 0.1) is 12.7 Å². The van der Waals surface area contributed by atoms with Gasteiger partial charge in [0, 0.05) is 53.6 Å². The van der Waals surface area contributed by atoms with Crippen LogP contribution >= 0.6 is 0 Å². The molecular weight excluding hydrogens is 488 g/mol. The number of nitrogens with one attached hydrogen (secondary N) is 2. The number of anilines is 3. The van der Waals surface area contributed by atoms with Gasteiger partial charge in [0.25, 0.3) is 0 Å². The molecule has 0 atom stereocenters. The van der Waals surface area contributed by atoms with Crippen LogP contribution < -0.4 is 10.2 Å². The van der Waals surface area contributed by atoms with Gasteiger partial charge in [-0.3, -0.25) is 0 Å². The molecule has 0 amide bonds. The summed E-state index contributed by atoms with van der Waals surface area (Å²) in [6.07, 6.45) is 5.39. The number of ether oxygens (including phenoxy) is 1. The second-order valence-corrected chi connectivity index (χ2v) is 10.5. The summed E-state index contributed by atoms with van der Waals surface area (Å²) in [6, 6.07) is 17.7. The van der Waals surface area contributed by atoms with Crippen LogP contribution in [0.15, 0.2) is 54.7 Å². The molecule has 2 aliphatic rings. The highest BCUT2D eigenvalue weighted by Crippen LogP contribution is 2.40. The highest BCUT2D eigenvalue weighted by Gasteiger charge is 2.33. The molecule has 3 aromatic rings. The Morgan fingerprint density at radius 2 is 1.92 bits per heavy atom. The lowest BCUT2D eigenvalue weighted by molar-refractivity contribution is 0.0519. The maximum Gasteiger partial charge on any atom is 0.357 e. The van der Waals surface area contributed by atoms with Gasteiger partial charge < -0.3 is 20.4 Å². The van der Waals surface area contributed by atoms with Crippen molar-refractivity contribution < 1.29 is 9.53 Å². The van der Waals surface area contributed by atoms with E-state index in [-0.39, 0.29) is 24.1 Å². The fourth-order valence-electron chi connectivity index (χ4n) is 5.42. The number of nitrogens with zero attached hydrogens (tertiary/aromatic N) is 4. The molecule has 2 fully saturated rings. The van der Waals surface area contributed by atoms with Crippen molar-refractivity contribution in [3.63, 3.8) is 0 Å². The molecule has 0 radical (unpaired) electrons. The number of hydrogen-bond donors (Lipinski definition) is 2. The molecule has 3 heterocycles. The van der Waals surface area contributed by atoms with E-state index >= 15 is 0 Å². The quantitative estimate of drug-likeness (QED) is 0.267. The molecule has 1 saturated heterocycles. The summed E-state index contributed by atoms with van der Waals surface area (Å²) >= 11 is 0. The molecule has 0 bridgehead atoms. The second-order valence-electron chi connectivity index (χ2n) is 10.5. The molecule has 200 valence electrons. The van der Waals surface area contributed by atoms with Crippen molar-refractivity contribution in [1.82, 2.24) is 9.97 Å². The third-order valence-electron chi connectivity index (χ3n) is 7.65. The standard InChI is InChI=1S/C31H34N6O2/c1-3-39-31(38)26-17-25(22-9-10-27(34-19-22)37-13-11-21(18-32)12-14-37)28(29(33)23-15-20(2)16-23)30(36-26)35-24-7-5-4-6-8-24/h4-10,17,19-21,23,33H,3,11-16H2,1-2H3,(H,35,36). The summed E-state index contributed by atoms with van der Waals surface area (Å²) in [6.45, 7) is 5.82. The SMILES string of the molecule is CCOC(=O)c1cc(-c2ccc(N3CCC(C#N)CC3)nc2)c(C(=N)C2CC(C)C2)c(Nc2ccccc2)n1. The fourth-order valence-corrected chi connectivity index (χ4v) is 5.42. The number of para-hydroxylation sites is 1. The van der Waals surface area contributed by atoms with Gasteiger partial charge in [-0.25, -0.2) is 14.8 Å². The molecule has 1 aliphatic heterocycles. The van der Waals surface area contributed by atoms with Crippen LogP contribution in [0.4, 0.5) is 17.3 Å². The highest BCUT2D eigenvalue weighted by atomic mass is 16.5. The first kappa shape index (κ1) is 26.4.